The lowest BCUT2D eigenvalue weighted by molar-refractivity contribution is -0.385. The zero-order chi connectivity index (χ0) is 14.6. The number of nitrogens with one attached hydrogen (secondary N) is 1. The van der Waals surface area contributed by atoms with Gasteiger partial charge in [-0.25, -0.2) is 13.1 Å². The Morgan fingerprint density at radius 3 is 2.63 bits per heavy atom. The molecule has 1 aromatic carbocycles. The second-order valence-electron chi connectivity index (χ2n) is 3.76. The first kappa shape index (κ1) is 14.9. The van der Waals surface area contributed by atoms with Crippen LogP contribution in [-0.2, 0) is 14.8 Å². The molecule has 0 aliphatic rings. The van der Waals surface area contributed by atoms with E-state index >= 15 is 0 Å². The van der Waals surface area contributed by atoms with Crippen molar-refractivity contribution in [3.8, 4) is 0 Å². The van der Waals surface area contributed by atoms with Crippen molar-refractivity contribution in [2.75, 3.05) is 5.73 Å². The van der Waals surface area contributed by atoms with E-state index in [-0.39, 0.29) is 12.1 Å². The van der Waals surface area contributed by atoms with Crippen molar-refractivity contribution >= 4 is 27.3 Å². The molecule has 0 heterocycles. The number of nitrogens with two attached hydrogens (primary N) is 1. The minimum Gasteiger partial charge on any atom is -0.398 e. The highest BCUT2D eigenvalue weighted by Gasteiger charge is 2.22. The van der Waals surface area contributed by atoms with Crippen molar-refractivity contribution in [3.05, 3.63) is 28.3 Å². The number of nitro groups is 1. The highest BCUT2D eigenvalue weighted by Crippen LogP contribution is 2.23. The van der Waals surface area contributed by atoms with Crippen LogP contribution in [-0.4, -0.2) is 19.2 Å². The molecule has 1 aromatic rings. The molecule has 3 N–H and O–H groups in total. The first-order chi connectivity index (χ1) is 8.77. The predicted octanol–water partition coefficient (Wildman–Crippen LogP) is 0.782. The largest absolute Gasteiger partial charge is 0.398 e. The second kappa shape index (κ2) is 5.65. The Balaban J connectivity index is 3.17. The second-order valence-corrected chi connectivity index (χ2v) is 5.41. The Bertz CT molecular complexity index is 612. The van der Waals surface area contributed by atoms with E-state index in [1.807, 2.05) is 4.72 Å². The van der Waals surface area contributed by atoms with Gasteiger partial charge in [0.2, 0.25) is 5.91 Å². The molecular weight excluding hydrogens is 274 g/mol. The van der Waals surface area contributed by atoms with Gasteiger partial charge < -0.3 is 5.73 Å². The number of anilines is 1. The fourth-order valence-electron chi connectivity index (χ4n) is 1.35. The fourth-order valence-corrected chi connectivity index (χ4v) is 2.52. The summed E-state index contributed by atoms with van der Waals surface area (Å²) in [6.07, 6.45) is 0.514. The maximum Gasteiger partial charge on any atom is 0.270 e. The number of carbonyl (C=O) groups excluding carboxylic acids is 1. The monoisotopic (exact) mass is 287 g/mol. The van der Waals surface area contributed by atoms with Gasteiger partial charge in [-0.05, 0) is 12.5 Å². The van der Waals surface area contributed by atoms with Gasteiger partial charge in [0, 0.05) is 18.6 Å². The molecule has 0 unspecified atom stereocenters. The standard InChI is InChI=1S/C10H13N3O5S/c1-2-3-10(14)12-19(17,18)9-6-7(13(15)16)4-5-8(9)11/h4-6H,2-3,11H2,1H3,(H,12,14). The molecule has 0 saturated carbocycles. The van der Waals surface area contributed by atoms with E-state index in [0.29, 0.717) is 6.42 Å². The third-order valence-corrected chi connectivity index (χ3v) is 3.65. The Hall–Kier alpha value is -2.16. The van der Waals surface area contributed by atoms with Crippen molar-refractivity contribution in [2.45, 2.75) is 24.7 Å². The van der Waals surface area contributed by atoms with Gasteiger partial charge in [0.05, 0.1) is 10.6 Å². The number of nitrogens with zero attached hydrogens (tertiary/aromatic N) is 1. The normalized spacial score (nSPS) is 11.0. The van der Waals surface area contributed by atoms with E-state index in [4.69, 9.17) is 5.73 Å². The number of non-ortho nitro benzene ring substituents is 1. The molecule has 9 heteroatoms. The summed E-state index contributed by atoms with van der Waals surface area (Å²) in [5.74, 6) is -0.687. The third kappa shape index (κ3) is 3.65. The smallest absolute Gasteiger partial charge is 0.270 e. The average Bonchev–Trinajstić information content (AvgIpc) is 2.28. The lowest BCUT2D eigenvalue weighted by atomic mass is 10.3. The molecule has 1 amide bonds. The number of amides is 1. The highest BCUT2D eigenvalue weighted by atomic mass is 32.2. The van der Waals surface area contributed by atoms with Gasteiger partial charge in [-0.2, -0.15) is 0 Å². The predicted molar refractivity (Wildman–Crippen MR) is 67.7 cm³/mol. The molecule has 0 aliphatic heterocycles. The van der Waals surface area contributed by atoms with Crippen LogP contribution in [0.15, 0.2) is 23.1 Å². The molecule has 0 aromatic heterocycles. The van der Waals surface area contributed by atoms with E-state index in [2.05, 4.69) is 0 Å². The van der Waals surface area contributed by atoms with Gasteiger partial charge in [-0.3, -0.25) is 14.9 Å². The van der Waals surface area contributed by atoms with Crippen molar-refractivity contribution in [2.24, 2.45) is 0 Å². The van der Waals surface area contributed by atoms with E-state index < -0.39 is 31.4 Å². The minimum atomic E-state index is -4.20. The number of sulfonamides is 1. The van der Waals surface area contributed by atoms with E-state index in [1.54, 1.807) is 6.92 Å². The van der Waals surface area contributed by atoms with Crippen LogP contribution in [0.3, 0.4) is 0 Å². The van der Waals surface area contributed by atoms with Crippen LogP contribution < -0.4 is 10.5 Å². The summed E-state index contributed by atoms with van der Waals surface area (Å²) in [4.78, 5) is 20.7. The number of nitro benzene ring substituents is 1. The quantitative estimate of drug-likeness (QED) is 0.467. The van der Waals surface area contributed by atoms with Crippen LogP contribution in [0.1, 0.15) is 19.8 Å². The van der Waals surface area contributed by atoms with Crippen LogP contribution in [0.4, 0.5) is 11.4 Å². The van der Waals surface area contributed by atoms with Gasteiger partial charge >= 0.3 is 0 Å². The van der Waals surface area contributed by atoms with Crippen LogP contribution >= 0.6 is 0 Å². The topological polar surface area (TPSA) is 132 Å². The van der Waals surface area contributed by atoms with Crippen LogP contribution in [0.25, 0.3) is 0 Å². The Labute approximate surface area is 109 Å². The third-order valence-electron chi connectivity index (χ3n) is 2.22. The molecule has 8 nitrogen and oxygen atoms in total. The number of benzene rings is 1. The number of rotatable bonds is 5. The Kier molecular flexibility index (Phi) is 4.43. The maximum absolute atomic E-state index is 11.9. The first-order valence-corrected chi connectivity index (χ1v) is 6.85. The van der Waals surface area contributed by atoms with Gasteiger partial charge in [-0.15, -0.1) is 0 Å². The summed E-state index contributed by atoms with van der Waals surface area (Å²) in [6, 6.07) is 3.01. The number of carbonyl (C=O) groups is 1. The molecule has 0 aliphatic carbocycles. The van der Waals surface area contributed by atoms with Gasteiger partial charge in [-0.1, -0.05) is 6.92 Å². The minimum absolute atomic E-state index is 0.0358. The molecule has 0 spiro atoms. The first-order valence-electron chi connectivity index (χ1n) is 5.37. The average molecular weight is 287 g/mol. The summed E-state index contributed by atoms with van der Waals surface area (Å²) in [6.45, 7) is 1.72. The molecule has 104 valence electrons. The van der Waals surface area contributed by atoms with E-state index in [0.717, 1.165) is 18.2 Å². The summed E-state index contributed by atoms with van der Waals surface area (Å²) in [7, 11) is -4.20. The summed E-state index contributed by atoms with van der Waals surface area (Å²) >= 11 is 0. The molecule has 0 radical (unpaired) electrons. The summed E-state index contributed by atoms with van der Waals surface area (Å²) in [5.41, 5.74) is 4.89. The van der Waals surface area contributed by atoms with Crippen molar-refractivity contribution in [1.29, 1.82) is 0 Å². The van der Waals surface area contributed by atoms with Crippen molar-refractivity contribution < 1.29 is 18.1 Å². The lowest BCUT2D eigenvalue weighted by Gasteiger charge is -2.08. The van der Waals surface area contributed by atoms with Crippen molar-refractivity contribution in [1.82, 2.24) is 4.72 Å². The Morgan fingerprint density at radius 2 is 2.11 bits per heavy atom. The van der Waals surface area contributed by atoms with E-state index in [1.165, 1.54) is 0 Å². The SMILES string of the molecule is CCCC(=O)NS(=O)(=O)c1cc([N+](=O)[O-])ccc1N. The molecule has 1 rings (SSSR count). The molecule has 0 bridgehead atoms. The van der Waals surface area contributed by atoms with Gasteiger partial charge in [0.15, 0.2) is 0 Å². The number of hydrogen-bond acceptors (Lipinski definition) is 6. The van der Waals surface area contributed by atoms with Crippen LogP contribution in [0.2, 0.25) is 0 Å². The lowest BCUT2D eigenvalue weighted by Crippen LogP contribution is -2.30. The van der Waals surface area contributed by atoms with Crippen LogP contribution in [0.5, 0.6) is 0 Å². The van der Waals surface area contributed by atoms with Gasteiger partial charge in [0.25, 0.3) is 15.7 Å². The molecule has 0 atom stereocenters. The summed E-state index contributed by atoms with van der Waals surface area (Å²) in [5, 5.41) is 10.6. The highest BCUT2D eigenvalue weighted by molar-refractivity contribution is 7.90. The van der Waals surface area contributed by atoms with E-state index in [9.17, 15) is 23.3 Å². The maximum atomic E-state index is 11.9. The molecular formula is C10H13N3O5S. The zero-order valence-electron chi connectivity index (χ0n) is 10.1. The van der Waals surface area contributed by atoms with Crippen LogP contribution in [0, 0.1) is 10.1 Å². The molecule has 0 fully saturated rings. The zero-order valence-corrected chi connectivity index (χ0v) is 10.9. The molecule has 19 heavy (non-hydrogen) atoms. The Morgan fingerprint density at radius 1 is 1.47 bits per heavy atom. The molecule has 0 saturated heterocycles. The van der Waals surface area contributed by atoms with Crippen molar-refractivity contribution in [3.63, 3.8) is 0 Å². The number of hydrogen-bond donors (Lipinski definition) is 2. The van der Waals surface area contributed by atoms with Gasteiger partial charge in [0.1, 0.15) is 4.90 Å². The summed E-state index contributed by atoms with van der Waals surface area (Å²) < 4.78 is 25.6. The number of nitrogen functional groups attached to an aromatic ring is 1. The fraction of sp³-hybridized carbons (Fsp3) is 0.300.